The Hall–Kier alpha value is -1.42. The van der Waals surface area contributed by atoms with Crippen molar-refractivity contribution in [1.29, 1.82) is 0 Å². The number of carbonyl (C=O) groups excluding carboxylic acids is 1. The molecule has 4 nitrogen and oxygen atoms in total. The molecule has 1 aromatic heterocycles. The van der Waals surface area contributed by atoms with E-state index in [1.165, 1.54) is 0 Å². The molecule has 1 N–H and O–H groups in total. The lowest BCUT2D eigenvalue weighted by atomic mass is 10.3. The molecule has 1 saturated heterocycles. The molecule has 67 valence electrons. The Morgan fingerprint density at radius 1 is 1.62 bits per heavy atom. The SMILES string of the molecule is O=C1CNCCN1c1[c]nccc1. The van der Waals surface area contributed by atoms with Crippen molar-refractivity contribution in [3.63, 3.8) is 0 Å². The highest BCUT2D eigenvalue weighted by Gasteiger charge is 2.18. The Morgan fingerprint density at radius 3 is 3.23 bits per heavy atom. The average Bonchev–Trinajstić information content (AvgIpc) is 2.20. The minimum absolute atomic E-state index is 0.0792. The Kier molecular flexibility index (Phi) is 2.23. The molecule has 1 fully saturated rings. The third-order valence-electron chi connectivity index (χ3n) is 1.97. The summed E-state index contributed by atoms with van der Waals surface area (Å²) in [4.78, 5) is 17.0. The molecule has 0 spiro atoms. The van der Waals surface area contributed by atoms with Crippen molar-refractivity contribution in [1.82, 2.24) is 10.3 Å². The number of aromatic nitrogens is 1. The third kappa shape index (κ3) is 1.67. The molecule has 0 aliphatic carbocycles. The van der Waals surface area contributed by atoms with Gasteiger partial charge in [-0.05, 0) is 12.1 Å². The van der Waals surface area contributed by atoms with Crippen LogP contribution in [0.4, 0.5) is 5.69 Å². The van der Waals surface area contributed by atoms with Crippen LogP contribution in [-0.4, -0.2) is 30.5 Å². The van der Waals surface area contributed by atoms with Gasteiger partial charge in [-0.2, -0.15) is 0 Å². The molecule has 1 radical (unpaired) electrons. The standard InChI is InChI=1S/C9H10N3O/c13-9-7-11-4-5-12(9)8-2-1-3-10-6-8/h1-3,11H,4-5,7H2. The van der Waals surface area contributed by atoms with E-state index < -0.39 is 0 Å². The van der Waals surface area contributed by atoms with Gasteiger partial charge in [0.2, 0.25) is 5.91 Å². The molecule has 2 rings (SSSR count). The topological polar surface area (TPSA) is 45.2 Å². The molecule has 4 heteroatoms. The molecular weight excluding hydrogens is 166 g/mol. The number of amides is 1. The fourth-order valence-corrected chi connectivity index (χ4v) is 1.33. The van der Waals surface area contributed by atoms with Crippen molar-refractivity contribution in [3.05, 3.63) is 24.5 Å². The Balaban J connectivity index is 2.20. The molecule has 0 saturated carbocycles. The summed E-state index contributed by atoms with van der Waals surface area (Å²) in [5, 5.41) is 3.01. The zero-order valence-corrected chi connectivity index (χ0v) is 7.16. The number of anilines is 1. The monoisotopic (exact) mass is 176 g/mol. The smallest absolute Gasteiger partial charge is 0.241 e. The van der Waals surface area contributed by atoms with Gasteiger partial charge in [0.25, 0.3) is 0 Å². The van der Waals surface area contributed by atoms with Crippen molar-refractivity contribution >= 4 is 11.6 Å². The highest BCUT2D eigenvalue weighted by molar-refractivity contribution is 5.95. The van der Waals surface area contributed by atoms with Gasteiger partial charge in [0.15, 0.2) is 0 Å². The number of hydrogen-bond acceptors (Lipinski definition) is 3. The van der Waals surface area contributed by atoms with E-state index >= 15 is 0 Å². The van der Waals surface area contributed by atoms with Crippen LogP contribution in [0.2, 0.25) is 0 Å². The molecule has 2 heterocycles. The maximum atomic E-state index is 11.4. The van der Waals surface area contributed by atoms with Crippen LogP contribution in [-0.2, 0) is 4.79 Å². The zero-order chi connectivity index (χ0) is 9.10. The molecule has 0 atom stereocenters. The van der Waals surface area contributed by atoms with E-state index in [4.69, 9.17) is 0 Å². The molecule has 13 heavy (non-hydrogen) atoms. The first-order valence-electron chi connectivity index (χ1n) is 4.22. The first-order chi connectivity index (χ1) is 6.38. The van der Waals surface area contributed by atoms with Gasteiger partial charge in [-0.25, -0.2) is 0 Å². The number of hydrogen-bond donors (Lipinski definition) is 1. The quantitative estimate of drug-likeness (QED) is 0.645. The van der Waals surface area contributed by atoms with Gasteiger partial charge < -0.3 is 10.2 Å². The van der Waals surface area contributed by atoms with Gasteiger partial charge in [-0.15, -0.1) is 0 Å². The Morgan fingerprint density at radius 2 is 2.54 bits per heavy atom. The van der Waals surface area contributed by atoms with E-state index in [0.717, 1.165) is 12.2 Å². The minimum atomic E-state index is 0.0792. The Bertz CT molecular complexity index is 299. The van der Waals surface area contributed by atoms with Gasteiger partial charge in [0.1, 0.15) is 6.20 Å². The highest BCUT2D eigenvalue weighted by atomic mass is 16.2. The summed E-state index contributed by atoms with van der Waals surface area (Å²) < 4.78 is 0. The first-order valence-corrected chi connectivity index (χ1v) is 4.22. The van der Waals surface area contributed by atoms with Gasteiger partial charge in [-0.3, -0.25) is 9.78 Å². The number of pyridine rings is 1. The van der Waals surface area contributed by atoms with E-state index in [-0.39, 0.29) is 5.91 Å². The number of rotatable bonds is 1. The molecule has 1 amide bonds. The second kappa shape index (κ2) is 3.53. The number of nitrogens with one attached hydrogen (secondary N) is 1. The molecule has 1 aliphatic heterocycles. The number of piperazine rings is 1. The normalized spacial score (nSPS) is 17.5. The largest absolute Gasteiger partial charge is 0.308 e. The molecule has 1 aliphatic rings. The van der Waals surface area contributed by atoms with Crippen LogP contribution in [0, 0.1) is 6.20 Å². The lowest BCUT2D eigenvalue weighted by Gasteiger charge is -2.26. The van der Waals surface area contributed by atoms with Crippen molar-refractivity contribution in [2.75, 3.05) is 24.5 Å². The van der Waals surface area contributed by atoms with Crippen molar-refractivity contribution < 1.29 is 4.79 Å². The van der Waals surface area contributed by atoms with Gasteiger partial charge in [-0.1, -0.05) is 0 Å². The summed E-state index contributed by atoms with van der Waals surface area (Å²) in [6.45, 7) is 1.93. The minimum Gasteiger partial charge on any atom is -0.308 e. The molecule has 0 bridgehead atoms. The zero-order valence-electron chi connectivity index (χ0n) is 7.16. The van der Waals surface area contributed by atoms with Crippen molar-refractivity contribution in [3.8, 4) is 0 Å². The van der Waals surface area contributed by atoms with Crippen LogP contribution in [0.25, 0.3) is 0 Å². The maximum absolute atomic E-state index is 11.4. The molecule has 0 unspecified atom stereocenters. The highest BCUT2D eigenvalue weighted by Crippen LogP contribution is 2.11. The number of carbonyl (C=O) groups is 1. The molecule has 0 aromatic carbocycles. The van der Waals surface area contributed by atoms with Crippen LogP contribution in [0.5, 0.6) is 0 Å². The van der Waals surface area contributed by atoms with Gasteiger partial charge in [0.05, 0.1) is 12.2 Å². The average molecular weight is 176 g/mol. The predicted molar refractivity (Wildman–Crippen MR) is 48.3 cm³/mol. The summed E-state index contributed by atoms with van der Waals surface area (Å²) in [5.41, 5.74) is 0.758. The van der Waals surface area contributed by atoms with Crippen LogP contribution < -0.4 is 10.2 Å². The maximum Gasteiger partial charge on any atom is 0.241 e. The molecule has 1 aromatic rings. The third-order valence-corrected chi connectivity index (χ3v) is 1.97. The lowest BCUT2D eigenvalue weighted by molar-refractivity contribution is -0.118. The predicted octanol–water partition coefficient (Wildman–Crippen LogP) is -0.182. The van der Waals surface area contributed by atoms with E-state index in [9.17, 15) is 4.79 Å². The number of nitrogens with zero attached hydrogens (tertiary/aromatic N) is 2. The van der Waals surface area contributed by atoms with Crippen LogP contribution in [0.15, 0.2) is 18.3 Å². The van der Waals surface area contributed by atoms with Crippen molar-refractivity contribution in [2.24, 2.45) is 0 Å². The first kappa shape index (κ1) is 8.19. The van der Waals surface area contributed by atoms with E-state index in [0.29, 0.717) is 13.1 Å². The van der Waals surface area contributed by atoms with E-state index in [2.05, 4.69) is 16.5 Å². The Labute approximate surface area is 76.6 Å². The summed E-state index contributed by atoms with van der Waals surface area (Å²) in [6.07, 6.45) is 4.44. The summed E-state index contributed by atoms with van der Waals surface area (Å²) in [7, 11) is 0. The fourth-order valence-electron chi connectivity index (χ4n) is 1.33. The lowest BCUT2D eigenvalue weighted by Crippen LogP contribution is -2.48. The second-order valence-corrected chi connectivity index (χ2v) is 2.86. The van der Waals surface area contributed by atoms with Gasteiger partial charge >= 0.3 is 0 Å². The van der Waals surface area contributed by atoms with Crippen LogP contribution >= 0.6 is 0 Å². The van der Waals surface area contributed by atoms with Crippen molar-refractivity contribution in [2.45, 2.75) is 0 Å². The van der Waals surface area contributed by atoms with Crippen LogP contribution in [0.1, 0.15) is 0 Å². The summed E-state index contributed by atoms with van der Waals surface area (Å²) in [5.74, 6) is 0.0792. The molecular formula is C9H10N3O. The summed E-state index contributed by atoms with van der Waals surface area (Å²) >= 11 is 0. The van der Waals surface area contributed by atoms with Crippen LogP contribution in [0.3, 0.4) is 0 Å². The van der Waals surface area contributed by atoms with E-state index in [1.54, 1.807) is 17.2 Å². The fraction of sp³-hybridized carbons (Fsp3) is 0.333. The summed E-state index contributed by atoms with van der Waals surface area (Å²) in [6, 6.07) is 3.65. The second-order valence-electron chi connectivity index (χ2n) is 2.86. The van der Waals surface area contributed by atoms with E-state index in [1.807, 2.05) is 6.07 Å². The van der Waals surface area contributed by atoms with Gasteiger partial charge in [0, 0.05) is 19.3 Å².